The molecule has 0 fully saturated rings. The van der Waals surface area contributed by atoms with E-state index < -0.39 is 0 Å². The first-order chi connectivity index (χ1) is 10.0. The van der Waals surface area contributed by atoms with Gasteiger partial charge in [0.05, 0.1) is 22.6 Å². The van der Waals surface area contributed by atoms with Crippen LogP contribution in [-0.4, -0.2) is 24.5 Å². The highest BCUT2D eigenvalue weighted by atomic mass is 35.5. The van der Waals surface area contributed by atoms with Crippen LogP contribution < -0.4 is 0 Å². The second-order valence-corrected chi connectivity index (χ2v) is 5.85. The quantitative estimate of drug-likeness (QED) is 0.692. The van der Waals surface area contributed by atoms with Crippen molar-refractivity contribution in [3.63, 3.8) is 0 Å². The molecule has 3 aromatic rings. The third-order valence-electron chi connectivity index (χ3n) is 3.09. The van der Waals surface area contributed by atoms with Gasteiger partial charge in [-0.3, -0.25) is 0 Å². The monoisotopic (exact) mass is 321 g/mol. The number of alkyl halides is 1. The first-order valence-corrected chi connectivity index (χ1v) is 7.30. The van der Waals surface area contributed by atoms with Crippen molar-refractivity contribution >= 4 is 34.4 Å². The molecule has 1 unspecified atom stereocenters. The van der Waals surface area contributed by atoms with E-state index in [0.717, 1.165) is 28.5 Å². The van der Waals surface area contributed by atoms with E-state index in [1.54, 1.807) is 18.5 Å². The fourth-order valence-electron chi connectivity index (χ4n) is 2.22. The molecule has 0 N–H and O–H groups in total. The smallest absolute Gasteiger partial charge is 0.160 e. The molecule has 108 valence electrons. The van der Waals surface area contributed by atoms with Gasteiger partial charge in [-0.1, -0.05) is 11.6 Å². The Morgan fingerprint density at radius 1 is 1.29 bits per heavy atom. The van der Waals surface area contributed by atoms with Crippen LogP contribution in [0.4, 0.5) is 0 Å². The van der Waals surface area contributed by atoms with Crippen LogP contribution in [0.3, 0.4) is 0 Å². The van der Waals surface area contributed by atoms with Crippen LogP contribution in [-0.2, 0) is 6.54 Å². The molecule has 0 saturated carbocycles. The molecule has 3 rings (SSSR count). The molecule has 0 aromatic carbocycles. The first kappa shape index (κ1) is 14.2. The SMILES string of the molecule is Cc1nccc(Cn2c(C(C)Cl)nc3cc(Cl)cnc32)n1. The van der Waals surface area contributed by atoms with E-state index >= 15 is 0 Å². The van der Waals surface area contributed by atoms with Crippen LogP contribution in [0.1, 0.15) is 29.6 Å². The van der Waals surface area contributed by atoms with Crippen molar-refractivity contribution in [3.8, 4) is 0 Å². The summed E-state index contributed by atoms with van der Waals surface area (Å²) in [7, 11) is 0. The lowest BCUT2D eigenvalue weighted by atomic mass is 10.3. The number of pyridine rings is 1. The van der Waals surface area contributed by atoms with Gasteiger partial charge in [-0.25, -0.2) is 19.9 Å². The highest BCUT2D eigenvalue weighted by Crippen LogP contribution is 2.25. The molecule has 5 nitrogen and oxygen atoms in total. The Balaban J connectivity index is 2.13. The summed E-state index contributed by atoms with van der Waals surface area (Å²) in [5.41, 5.74) is 2.37. The number of aryl methyl sites for hydroxylation is 1. The number of nitrogens with zero attached hydrogens (tertiary/aromatic N) is 5. The Morgan fingerprint density at radius 2 is 2.10 bits per heavy atom. The number of hydrogen-bond acceptors (Lipinski definition) is 4. The maximum absolute atomic E-state index is 6.24. The molecule has 3 aromatic heterocycles. The van der Waals surface area contributed by atoms with Crippen molar-refractivity contribution in [2.45, 2.75) is 25.8 Å². The van der Waals surface area contributed by atoms with Gasteiger partial charge in [0.25, 0.3) is 0 Å². The van der Waals surface area contributed by atoms with Gasteiger partial charge in [-0.2, -0.15) is 0 Å². The summed E-state index contributed by atoms with van der Waals surface area (Å²) in [6.07, 6.45) is 3.35. The van der Waals surface area contributed by atoms with Gasteiger partial charge in [0, 0.05) is 12.4 Å². The maximum atomic E-state index is 6.24. The number of aromatic nitrogens is 5. The number of hydrogen-bond donors (Lipinski definition) is 0. The summed E-state index contributed by atoms with van der Waals surface area (Å²) >= 11 is 12.2. The summed E-state index contributed by atoms with van der Waals surface area (Å²) in [4.78, 5) is 17.4. The van der Waals surface area contributed by atoms with Crippen molar-refractivity contribution in [2.24, 2.45) is 0 Å². The summed E-state index contributed by atoms with van der Waals surface area (Å²) in [6, 6.07) is 3.66. The molecule has 3 heterocycles. The average molecular weight is 322 g/mol. The van der Waals surface area contributed by atoms with Crippen molar-refractivity contribution in [2.75, 3.05) is 0 Å². The molecule has 0 aliphatic rings. The van der Waals surface area contributed by atoms with Gasteiger partial charge in [0.15, 0.2) is 5.65 Å². The molecule has 0 aliphatic heterocycles. The van der Waals surface area contributed by atoms with Crippen LogP contribution in [0.5, 0.6) is 0 Å². The van der Waals surface area contributed by atoms with E-state index in [9.17, 15) is 0 Å². The normalized spacial score (nSPS) is 12.8. The van der Waals surface area contributed by atoms with Crippen LogP contribution in [0.2, 0.25) is 5.02 Å². The zero-order valence-electron chi connectivity index (χ0n) is 11.6. The Kier molecular flexibility index (Phi) is 3.78. The molecule has 0 radical (unpaired) electrons. The van der Waals surface area contributed by atoms with Crippen molar-refractivity contribution in [1.29, 1.82) is 0 Å². The van der Waals surface area contributed by atoms with Crippen LogP contribution in [0.15, 0.2) is 24.5 Å². The molecular formula is C14H13Cl2N5. The van der Waals surface area contributed by atoms with E-state index in [-0.39, 0.29) is 5.38 Å². The Labute approximate surface area is 132 Å². The highest BCUT2D eigenvalue weighted by Gasteiger charge is 2.17. The molecule has 21 heavy (non-hydrogen) atoms. The standard InChI is InChI=1S/C14H13Cl2N5/c1-8(15)13-20-12-5-10(16)6-18-14(12)21(13)7-11-3-4-17-9(2)19-11/h3-6,8H,7H2,1-2H3. The molecule has 7 heteroatoms. The Morgan fingerprint density at radius 3 is 2.81 bits per heavy atom. The zero-order valence-corrected chi connectivity index (χ0v) is 13.1. The average Bonchev–Trinajstić information content (AvgIpc) is 2.77. The highest BCUT2D eigenvalue weighted by molar-refractivity contribution is 6.31. The number of fused-ring (bicyclic) bond motifs is 1. The van der Waals surface area contributed by atoms with Gasteiger partial charge in [0.2, 0.25) is 0 Å². The number of imidazole rings is 1. The van der Waals surface area contributed by atoms with Gasteiger partial charge >= 0.3 is 0 Å². The van der Waals surface area contributed by atoms with Gasteiger partial charge in [0.1, 0.15) is 17.2 Å². The summed E-state index contributed by atoms with van der Waals surface area (Å²) < 4.78 is 1.96. The van der Waals surface area contributed by atoms with Crippen LogP contribution >= 0.6 is 23.2 Å². The van der Waals surface area contributed by atoms with Crippen molar-refractivity contribution < 1.29 is 0 Å². The molecular weight excluding hydrogens is 309 g/mol. The third kappa shape index (κ3) is 2.84. The molecule has 0 amide bonds. The summed E-state index contributed by atoms with van der Waals surface area (Å²) in [5.74, 6) is 1.48. The van der Waals surface area contributed by atoms with Crippen LogP contribution in [0, 0.1) is 6.92 Å². The van der Waals surface area contributed by atoms with Crippen LogP contribution in [0.25, 0.3) is 11.2 Å². The number of rotatable bonds is 3. The Hall–Kier alpha value is -1.72. The van der Waals surface area contributed by atoms with Crippen molar-refractivity contribution in [3.05, 3.63) is 46.9 Å². The first-order valence-electron chi connectivity index (χ1n) is 6.49. The minimum atomic E-state index is -0.235. The van der Waals surface area contributed by atoms with E-state index in [4.69, 9.17) is 23.2 Å². The van der Waals surface area contributed by atoms with Crippen molar-refractivity contribution in [1.82, 2.24) is 24.5 Å². The second kappa shape index (κ2) is 5.58. The van der Waals surface area contributed by atoms with E-state index in [2.05, 4.69) is 19.9 Å². The third-order valence-corrected chi connectivity index (χ3v) is 3.49. The molecule has 1 atom stereocenters. The van der Waals surface area contributed by atoms with E-state index in [1.165, 1.54) is 0 Å². The molecule has 0 bridgehead atoms. The minimum Gasteiger partial charge on any atom is -0.305 e. The predicted molar refractivity (Wildman–Crippen MR) is 82.7 cm³/mol. The molecule has 0 saturated heterocycles. The largest absolute Gasteiger partial charge is 0.305 e. The fraction of sp³-hybridized carbons (Fsp3) is 0.286. The van der Waals surface area contributed by atoms with Gasteiger partial charge < -0.3 is 4.57 Å². The maximum Gasteiger partial charge on any atom is 0.160 e. The van der Waals surface area contributed by atoms with E-state index in [0.29, 0.717) is 11.6 Å². The van der Waals surface area contributed by atoms with Gasteiger partial charge in [-0.05, 0) is 26.0 Å². The molecule has 0 aliphatic carbocycles. The molecule has 0 spiro atoms. The lowest BCUT2D eigenvalue weighted by molar-refractivity contribution is 0.715. The lowest BCUT2D eigenvalue weighted by Crippen LogP contribution is -2.08. The lowest BCUT2D eigenvalue weighted by Gasteiger charge is -2.09. The van der Waals surface area contributed by atoms with E-state index in [1.807, 2.05) is 24.5 Å². The van der Waals surface area contributed by atoms with Gasteiger partial charge in [-0.15, -0.1) is 11.6 Å². The Bertz CT molecular complexity index is 797. The fourth-order valence-corrected chi connectivity index (χ4v) is 2.54. The topological polar surface area (TPSA) is 56.5 Å². The summed E-state index contributed by atoms with van der Waals surface area (Å²) in [6.45, 7) is 4.28. The zero-order chi connectivity index (χ0) is 15.0. The summed E-state index contributed by atoms with van der Waals surface area (Å²) in [5, 5.41) is 0.319. The second-order valence-electron chi connectivity index (χ2n) is 4.76. The predicted octanol–water partition coefficient (Wildman–Crippen LogP) is 3.53. The number of halogens is 2. The minimum absolute atomic E-state index is 0.235.